The number of rotatable bonds is 7. The SMILES string of the molecule is CCOC(CCN1CC(CC)CCC1C)C(=O)O. The molecule has 0 bridgehead atoms. The van der Waals surface area contributed by atoms with Crippen LogP contribution in [0.5, 0.6) is 0 Å². The summed E-state index contributed by atoms with van der Waals surface area (Å²) in [5.74, 6) is -0.0647. The number of piperidine rings is 1. The van der Waals surface area contributed by atoms with E-state index >= 15 is 0 Å². The summed E-state index contributed by atoms with van der Waals surface area (Å²) in [6.45, 7) is 8.71. The molecule has 0 spiro atoms. The highest BCUT2D eigenvalue weighted by Crippen LogP contribution is 2.24. The standard InChI is InChI=1S/C14H27NO3/c1-4-12-7-6-11(3)15(10-12)9-8-13(14(16)17)18-5-2/h11-13H,4-10H2,1-3H3,(H,16,17). The van der Waals surface area contributed by atoms with Crippen molar-refractivity contribution < 1.29 is 14.6 Å². The molecule has 1 fully saturated rings. The van der Waals surface area contributed by atoms with Gasteiger partial charge in [0, 0.05) is 25.7 Å². The molecule has 1 aliphatic heterocycles. The molecule has 0 amide bonds. The van der Waals surface area contributed by atoms with Crippen LogP contribution in [-0.4, -0.2) is 47.8 Å². The van der Waals surface area contributed by atoms with Crippen molar-refractivity contribution in [3.8, 4) is 0 Å². The third-order valence-corrected chi connectivity index (χ3v) is 4.01. The number of hydrogen-bond donors (Lipinski definition) is 1. The van der Waals surface area contributed by atoms with Crippen LogP contribution in [0.15, 0.2) is 0 Å². The van der Waals surface area contributed by atoms with Crippen molar-refractivity contribution in [2.75, 3.05) is 19.7 Å². The van der Waals surface area contributed by atoms with Gasteiger partial charge >= 0.3 is 5.97 Å². The Labute approximate surface area is 110 Å². The van der Waals surface area contributed by atoms with E-state index in [0.29, 0.717) is 19.1 Å². The van der Waals surface area contributed by atoms with Crippen molar-refractivity contribution in [2.45, 2.75) is 58.6 Å². The summed E-state index contributed by atoms with van der Waals surface area (Å²) in [4.78, 5) is 13.4. The van der Waals surface area contributed by atoms with E-state index < -0.39 is 12.1 Å². The molecule has 0 saturated carbocycles. The van der Waals surface area contributed by atoms with Crippen molar-refractivity contribution in [1.82, 2.24) is 4.90 Å². The fraction of sp³-hybridized carbons (Fsp3) is 0.929. The summed E-state index contributed by atoms with van der Waals surface area (Å²) in [5.41, 5.74) is 0. The highest BCUT2D eigenvalue weighted by atomic mass is 16.5. The lowest BCUT2D eigenvalue weighted by Crippen LogP contribution is -2.43. The Kier molecular flexibility index (Phi) is 6.65. The van der Waals surface area contributed by atoms with E-state index in [-0.39, 0.29) is 0 Å². The Morgan fingerprint density at radius 2 is 2.17 bits per heavy atom. The summed E-state index contributed by atoms with van der Waals surface area (Å²) in [6.07, 6.45) is 3.69. The van der Waals surface area contributed by atoms with Crippen LogP contribution in [-0.2, 0) is 9.53 Å². The predicted octanol–water partition coefficient (Wildman–Crippen LogP) is 2.38. The van der Waals surface area contributed by atoms with Crippen LogP contribution in [0.4, 0.5) is 0 Å². The molecule has 4 nitrogen and oxygen atoms in total. The number of carbonyl (C=O) groups is 1. The molecule has 1 rings (SSSR count). The van der Waals surface area contributed by atoms with Gasteiger partial charge in [-0.1, -0.05) is 13.3 Å². The summed E-state index contributed by atoms with van der Waals surface area (Å²) >= 11 is 0. The summed E-state index contributed by atoms with van der Waals surface area (Å²) < 4.78 is 5.26. The van der Waals surface area contributed by atoms with E-state index in [9.17, 15) is 4.79 Å². The summed E-state index contributed by atoms with van der Waals surface area (Å²) in [7, 11) is 0. The molecule has 106 valence electrons. The molecule has 18 heavy (non-hydrogen) atoms. The first-order chi connectivity index (χ1) is 8.58. The Balaban J connectivity index is 2.41. The van der Waals surface area contributed by atoms with Gasteiger partial charge in [0.05, 0.1) is 0 Å². The van der Waals surface area contributed by atoms with Crippen LogP contribution in [0.3, 0.4) is 0 Å². The summed E-state index contributed by atoms with van der Waals surface area (Å²) in [6, 6.07) is 0.573. The number of carboxylic acids is 1. The van der Waals surface area contributed by atoms with Gasteiger partial charge in [-0.15, -0.1) is 0 Å². The first kappa shape index (κ1) is 15.4. The zero-order chi connectivity index (χ0) is 13.5. The van der Waals surface area contributed by atoms with Crippen molar-refractivity contribution in [3.63, 3.8) is 0 Å². The van der Waals surface area contributed by atoms with Gasteiger partial charge in [-0.3, -0.25) is 0 Å². The second-order valence-electron chi connectivity index (χ2n) is 5.27. The Morgan fingerprint density at radius 1 is 1.44 bits per heavy atom. The van der Waals surface area contributed by atoms with E-state index in [1.54, 1.807) is 0 Å². The van der Waals surface area contributed by atoms with E-state index in [0.717, 1.165) is 19.0 Å². The quantitative estimate of drug-likeness (QED) is 0.760. The molecule has 3 atom stereocenters. The van der Waals surface area contributed by atoms with Gasteiger partial charge in [-0.2, -0.15) is 0 Å². The minimum absolute atomic E-state index is 0.462. The Morgan fingerprint density at radius 3 is 2.72 bits per heavy atom. The second kappa shape index (κ2) is 7.74. The highest BCUT2D eigenvalue weighted by molar-refractivity contribution is 5.72. The molecule has 1 heterocycles. The average molecular weight is 257 g/mol. The maximum absolute atomic E-state index is 11.0. The van der Waals surface area contributed by atoms with E-state index in [1.165, 1.54) is 19.3 Å². The smallest absolute Gasteiger partial charge is 0.332 e. The minimum atomic E-state index is -0.839. The number of likely N-dealkylation sites (tertiary alicyclic amines) is 1. The number of hydrogen-bond acceptors (Lipinski definition) is 3. The van der Waals surface area contributed by atoms with Gasteiger partial charge in [0.1, 0.15) is 0 Å². The van der Waals surface area contributed by atoms with Crippen molar-refractivity contribution in [3.05, 3.63) is 0 Å². The average Bonchev–Trinajstić information content (AvgIpc) is 2.35. The third-order valence-electron chi connectivity index (χ3n) is 4.01. The molecular weight excluding hydrogens is 230 g/mol. The number of carboxylic acid groups (broad SMARTS) is 1. The molecule has 0 aliphatic carbocycles. The van der Waals surface area contributed by atoms with E-state index in [1.807, 2.05) is 6.92 Å². The van der Waals surface area contributed by atoms with Gasteiger partial charge in [-0.25, -0.2) is 4.79 Å². The Bertz CT molecular complexity index is 257. The van der Waals surface area contributed by atoms with Crippen LogP contribution in [0.2, 0.25) is 0 Å². The molecule has 3 unspecified atom stereocenters. The van der Waals surface area contributed by atoms with Crippen molar-refractivity contribution in [2.24, 2.45) is 5.92 Å². The fourth-order valence-corrected chi connectivity index (χ4v) is 2.67. The van der Waals surface area contributed by atoms with Gasteiger partial charge in [0.15, 0.2) is 6.10 Å². The van der Waals surface area contributed by atoms with Gasteiger partial charge in [-0.05, 0) is 39.0 Å². The van der Waals surface area contributed by atoms with Gasteiger partial charge in [0.2, 0.25) is 0 Å². The van der Waals surface area contributed by atoms with Crippen LogP contribution in [0, 0.1) is 5.92 Å². The zero-order valence-corrected chi connectivity index (χ0v) is 11.9. The largest absolute Gasteiger partial charge is 0.479 e. The first-order valence-corrected chi connectivity index (χ1v) is 7.16. The van der Waals surface area contributed by atoms with Gasteiger partial charge < -0.3 is 14.7 Å². The molecular formula is C14H27NO3. The third kappa shape index (κ3) is 4.58. The predicted molar refractivity (Wildman–Crippen MR) is 71.7 cm³/mol. The minimum Gasteiger partial charge on any atom is -0.479 e. The first-order valence-electron chi connectivity index (χ1n) is 7.16. The van der Waals surface area contributed by atoms with Crippen LogP contribution < -0.4 is 0 Å². The molecule has 0 radical (unpaired) electrons. The van der Waals surface area contributed by atoms with Crippen LogP contribution >= 0.6 is 0 Å². The van der Waals surface area contributed by atoms with Crippen molar-refractivity contribution in [1.29, 1.82) is 0 Å². The molecule has 0 aromatic heterocycles. The lowest BCUT2D eigenvalue weighted by molar-refractivity contribution is -0.150. The lowest BCUT2D eigenvalue weighted by atomic mass is 9.91. The maximum Gasteiger partial charge on any atom is 0.332 e. The number of nitrogens with zero attached hydrogens (tertiary/aromatic N) is 1. The maximum atomic E-state index is 11.0. The molecule has 1 N–H and O–H groups in total. The summed E-state index contributed by atoms with van der Waals surface area (Å²) in [5, 5.41) is 9.05. The van der Waals surface area contributed by atoms with E-state index in [4.69, 9.17) is 9.84 Å². The Hall–Kier alpha value is -0.610. The topological polar surface area (TPSA) is 49.8 Å². The van der Waals surface area contributed by atoms with Crippen LogP contribution in [0.25, 0.3) is 0 Å². The van der Waals surface area contributed by atoms with E-state index in [2.05, 4.69) is 18.7 Å². The number of aliphatic carboxylic acids is 1. The molecule has 1 saturated heterocycles. The van der Waals surface area contributed by atoms with Crippen molar-refractivity contribution >= 4 is 5.97 Å². The fourth-order valence-electron chi connectivity index (χ4n) is 2.67. The highest BCUT2D eigenvalue weighted by Gasteiger charge is 2.26. The monoisotopic (exact) mass is 257 g/mol. The van der Waals surface area contributed by atoms with Gasteiger partial charge in [0.25, 0.3) is 0 Å². The molecule has 0 aromatic rings. The normalized spacial score (nSPS) is 27.1. The molecule has 4 heteroatoms. The molecule has 1 aliphatic rings. The zero-order valence-electron chi connectivity index (χ0n) is 11.9. The van der Waals surface area contributed by atoms with Crippen LogP contribution in [0.1, 0.15) is 46.5 Å². The second-order valence-corrected chi connectivity index (χ2v) is 5.27. The molecule has 0 aromatic carbocycles. The lowest BCUT2D eigenvalue weighted by Gasteiger charge is -2.38. The number of ether oxygens (including phenoxy) is 1.